The molecule has 1 unspecified atom stereocenters. The van der Waals surface area contributed by atoms with Crippen molar-refractivity contribution in [3.63, 3.8) is 0 Å². The zero-order valence-corrected chi connectivity index (χ0v) is 21.5. The number of hydrogen-bond donors (Lipinski definition) is 1. The maximum Gasteiger partial charge on any atom is 0.118 e. The maximum atomic E-state index is 10.5. The lowest BCUT2D eigenvalue weighted by Gasteiger charge is -2.56. The summed E-state index contributed by atoms with van der Waals surface area (Å²) in [6, 6.07) is 0. The Morgan fingerprint density at radius 1 is 1.06 bits per heavy atom. The van der Waals surface area contributed by atoms with Crippen molar-refractivity contribution in [3.05, 3.63) is 23.3 Å². The molecule has 32 heavy (non-hydrogen) atoms. The van der Waals surface area contributed by atoms with Crippen LogP contribution < -0.4 is 0 Å². The van der Waals surface area contributed by atoms with Crippen molar-refractivity contribution in [1.29, 1.82) is 0 Å². The van der Waals surface area contributed by atoms with E-state index >= 15 is 0 Å². The second-order valence-electron chi connectivity index (χ2n) is 12.8. The third-order valence-corrected chi connectivity index (χ3v) is 11.1. The smallest absolute Gasteiger partial charge is 0.118 e. The third-order valence-electron chi connectivity index (χ3n) is 11.1. The Hall–Kier alpha value is -0.640. The molecule has 3 heteroatoms. The molecule has 1 spiro atoms. The first-order chi connectivity index (χ1) is 15.1. The van der Waals surface area contributed by atoms with Gasteiger partial charge in [-0.15, -0.1) is 0 Å². The largest absolute Gasteiger partial charge is 0.393 e. The standard InChI is InChI=1S/C29H46O3/c1-17(2)18(3)8-9-19(4)21-10-11-22-24-23(13-14-27(21,22)5)28(6)15-12-20(30)16-29(28)26(32-29)25(24)31-7/h8-9,17-21,23,25-26,30H,10-16H2,1-7H3/t18-,19+,20-,21?,23-,25-,26+,27+,28+,29-/m0/s1. The molecule has 4 aliphatic carbocycles. The fraction of sp³-hybridized carbons (Fsp3) is 0.862. The van der Waals surface area contributed by atoms with E-state index in [9.17, 15) is 5.11 Å². The van der Waals surface area contributed by atoms with Crippen LogP contribution in [-0.4, -0.2) is 36.1 Å². The first kappa shape index (κ1) is 23.1. The molecule has 1 N–H and O–H groups in total. The van der Waals surface area contributed by atoms with Gasteiger partial charge in [0.2, 0.25) is 0 Å². The van der Waals surface area contributed by atoms with Crippen LogP contribution in [0.1, 0.15) is 86.5 Å². The number of ether oxygens (including phenoxy) is 2. The summed E-state index contributed by atoms with van der Waals surface area (Å²) in [7, 11) is 1.88. The molecule has 0 aromatic carbocycles. The average Bonchev–Trinajstić information content (AvgIpc) is 3.35. The molecule has 5 aliphatic rings. The third kappa shape index (κ3) is 3.02. The van der Waals surface area contributed by atoms with E-state index < -0.39 is 0 Å². The number of epoxide rings is 1. The van der Waals surface area contributed by atoms with E-state index in [1.54, 1.807) is 11.1 Å². The number of methoxy groups -OCH3 is 1. The van der Waals surface area contributed by atoms with Gasteiger partial charge in [0.25, 0.3) is 0 Å². The molecule has 0 bridgehead atoms. The van der Waals surface area contributed by atoms with Gasteiger partial charge in [-0.1, -0.05) is 59.3 Å². The van der Waals surface area contributed by atoms with Crippen LogP contribution in [0.4, 0.5) is 0 Å². The Kier molecular flexibility index (Phi) is 5.55. The summed E-state index contributed by atoms with van der Waals surface area (Å²) in [4.78, 5) is 0. The van der Waals surface area contributed by atoms with Gasteiger partial charge in [-0.2, -0.15) is 0 Å². The Labute approximate surface area is 196 Å². The summed E-state index contributed by atoms with van der Waals surface area (Å²) >= 11 is 0. The van der Waals surface area contributed by atoms with Gasteiger partial charge in [0.05, 0.1) is 6.10 Å². The van der Waals surface area contributed by atoms with Crippen LogP contribution in [0.15, 0.2) is 23.3 Å². The molecule has 3 saturated carbocycles. The highest BCUT2D eigenvalue weighted by molar-refractivity contribution is 5.43. The van der Waals surface area contributed by atoms with E-state index in [4.69, 9.17) is 9.47 Å². The minimum absolute atomic E-state index is 0.0820. The van der Waals surface area contributed by atoms with Crippen LogP contribution in [0.3, 0.4) is 0 Å². The monoisotopic (exact) mass is 442 g/mol. The molecule has 4 fully saturated rings. The van der Waals surface area contributed by atoms with Crippen molar-refractivity contribution < 1.29 is 14.6 Å². The highest BCUT2D eigenvalue weighted by Gasteiger charge is 2.77. The minimum Gasteiger partial charge on any atom is -0.393 e. The predicted molar refractivity (Wildman–Crippen MR) is 129 cm³/mol. The lowest BCUT2D eigenvalue weighted by Crippen LogP contribution is -2.58. The summed E-state index contributed by atoms with van der Waals surface area (Å²) in [5.74, 6) is 3.21. The molecule has 3 nitrogen and oxygen atoms in total. The van der Waals surface area contributed by atoms with E-state index in [2.05, 4.69) is 53.7 Å². The first-order valence-electron chi connectivity index (χ1n) is 13.4. The number of fused-ring (bicyclic) bond motifs is 3. The van der Waals surface area contributed by atoms with E-state index in [0.717, 1.165) is 19.3 Å². The SMILES string of the molecule is CO[C@H]1C2=C3CCC([C@H](C)C=C[C@H](C)C(C)C)[C@@]3(C)CC[C@@H]2[C@@]2(C)CC[C@H](O)C[C@@]23O[C@H]13. The molecular weight excluding hydrogens is 396 g/mol. The zero-order valence-electron chi connectivity index (χ0n) is 21.5. The Bertz CT molecular complexity index is 813. The Morgan fingerprint density at radius 3 is 2.50 bits per heavy atom. The number of hydrogen-bond acceptors (Lipinski definition) is 3. The molecule has 1 heterocycles. The lowest BCUT2D eigenvalue weighted by atomic mass is 9.48. The fourth-order valence-corrected chi connectivity index (χ4v) is 8.70. The minimum atomic E-state index is -0.217. The van der Waals surface area contributed by atoms with Crippen LogP contribution in [0.5, 0.6) is 0 Å². The van der Waals surface area contributed by atoms with Gasteiger partial charge >= 0.3 is 0 Å². The van der Waals surface area contributed by atoms with Crippen LogP contribution >= 0.6 is 0 Å². The summed E-state index contributed by atoms with van der Waals surface area (Å²) in [6.07, 6.45) is 12.8. The molecule has 1 aliphatic heterocycles. The summed E-state index contributed by atoms with van der Waals surface area (Å²) < 4.78 is 12.8. The van der Waals surface area contributed by atoms with Crippen molar-refractivity contribution in [2.75, 3.05) is 7.11 Å². The maximum absolute atomic E-state index is 10.5. The number of allylic oxidation sites excluding steroid dienone is 3. The average molecular weight is 443 g/mol. The van der Waals surface area contributed by atoms with Gasteiger partial charge in [0.1, 0.15) is 17.8 Å². The first-order valence-corrected chi connectivity index (χ1v) is 13.4. The van der Waals surface area contributed by atoms with Gasteiger partial charge in [-0.05, 0) is 79.1 Å². The molecule has 10 atom stereocenters. The van der Waals surface area contributed by atoms with E-state index in [0.29, 0.717) is 29.6 Å². The van der Waals surface area contributed by atoms with E-state index in [1.165, 1.54) is 25.7 Å². The normalized spacial score (nSPS) is 49.5. The predicted octanol–water partition coefficient (Wildman–Crippen LogP) is 6.31. The molecule has 0 amide bonds. The van der Waals surface area contributed by atoms with Gasteiger partial charge in [0.15, 0.2) is 0 Å². The highest BCUT2D eigenvalue weighted by Crippen LogP contribution is 2.72. The van der Waals surface area contributed by atoms with Crippen molar-refractivity contribution in [2.24, 2.45) is 40.4 Å². The van der Waals surface area contributed by atoms with Gasteiger partial charge in [0, 0.05) is 18.9 Å². The highest BCUT2D eigenvalue weighted by atomic mass is 16.6. The van der Waals surface area contributed by atoms with Crippen LogP contribution in [0, 0.1) is 40.4 Å². The molecule has 0 radical (unpaired) electrons. The Morgan fingerprint density at radius 2 is 1.81 bits per heavy atom. The molecule has 180 valence electrons. The van der Waals surface area contributed by atoms with Gasteiger partial charge < -0.3 is 14.6 Å². The Balaban J connectivity index is 1.49. The van der Waals surface area contributed by atoms with E-state index in [1.807, 2.05) is 7.11 Å². The molecule has 0 aromatic rings. The fourth-order valence-electron chi connectivity index (χ4n) is 8.70. The zero-order chi connectivity index (χ0) is 23.1. The lowest BCUT2D eigenvalue weighted by molar-refractivity contribution is -0.0545. The second kappa shape index (κ2) is 7.68. The summed E-state index contributed by atoms with van der Waals surface area (Å²) in [5.41, 5.74) is 3.61. The van der Waals surface area contributed by atoms with Crippen molar-refractivity contribution in [1.82, 2.24) is 0 Å². The topological polar surface area (TPSA) is 42.0 Å². The number of rotatable bonds is 5. The van der Waals surface area contributed by atoms with Crippen LogP contribution in [0.25, 0.3) is 0 Å². The molecule has 1 saturated heterocycles. The number of aliphatic hydroxyl groups excluding tert-OH is 1. The van der Waals surface area contributed by atoms with Gasteiger partial charge in [-0.3, -0.25) is 0 Å². The van der Waals surface area contributed by atoms with E-state index in [-0.39, 0.29) is 34.7 Å². The summed E-state index contributed by atoms with van der Waals surface area (Å²) in [6.45, 7) is 14.5. The van der Waals surface area contributed by atoms with Crippen molar-refractivity contribution in [2.45, 2.75) is 110 Å². The van der Waals surface area contributed by atoms with Gasteiger partial charge in [-0.25, -0.2) is 0 Å². The van der Waals surface area contributed by atoms with Crippen molar-refractivity contribution in [3.8, 4) is 0 Å². The van der Waals surface area contributed by atoms with Crippen molar-refractivity contribution >= 4 is 0 Å². The van der Waals surface area contributed by atoms with Crippen LogP contribution in [0.2, 0.25) is 0 Å². The number of aliphatic hydroxyl groups is 1. The van der Waals surface area contributed by atoms with Crippen LogP contribution in [-0.2, 0) is 9.47 Å². The molecule has 0 aromatic heterocycles. The molecular formula is C29H46O3. The summed E-state index contributed by atoms with van der Waals surface area (Å²) in [5, 5.41) is 10.5. The quantitative estimate of drug-likeness (QED) is 0.401. The second-order valence-corrected chi connectivity index (χ2v) is 12.8. The molecule has 5 rings (SSSR count).